The van der Waals surface area contributed by atoms with E-state index < -0.39 is 41.3 Å². The topological polar surface area (TPSA) is 155 Å². The highest BCUT2D eigenvalue weighted by Gasteiger charge is 2.39. The van der Waals surface area contributed by atoms with Crippen LogP contribution in [-0.2, 0) is 54.6 Å². The van der Waals surface area contributed by atoms with E-state index in [4.69, 9.17) is 9.47 Å². The van der Waals surface area contributed by atoms with Crippen LogP contribution in [0.5, 0.6) is 5.75 Å². The van der Waals surface area contributed by atoms with E-state index >= 15 is 0 Å². The molecule has 13 heteroatoms. The van der Waals surface area contributed by atoms with Crippen molar-refractivity contribution >= 4 is 34.6 Å². The van der Waals surface area contributed by atoms with E-state index in [0.717, 1.165) is 57.3 Å². The summed E-state index contributed by atoms with van der Waals surface area (Å²) in [5, 5.41) is 16.7. The van der Waals surface area contributed by atoms with Gasteiger partial charge in [-0.3, -0.25) is 29.2 Å². The predicted molar refractivity (Wildman–Crippen MR) is 225 cm³/mol. The fraction of sp³-hybridized carbons (Fsp3) is 0.500. The predicted octanol–water partition coefficient (Wildman–Crippen LogP) is 5.93. The molecule has 0 spiro atoms. The molecule has 3 amide bonds. The lowest BCUT2D eigenvalue weighted by Gasteiger charge is -2.38. The second-order valence-electron chi connectivity index (χ2n) is 17.4. The Kier molecular flexibility index (Phi) is 12.4. The number of likely N-dealkylation sites (tertiary alicyclic amines) is 1. The molecule has 2 fully saturated rings. The molecule has 3 aliphatic heterocycles. The van der Waals surface area contributed by atoms with E-state index in [1.807, 2.05) is 38.2 Å². The number of hydrogen-bond acceptors (Lipinski definition) is 9. The Morgan fingerprint density at radius 1 is 1.07 bits per heavy atom. The van der Waals surface area contributed by atoms with Gasteiger partial charge in [-0.05, 0) is 103 Å². The van der Waals surface area contributed by atoms with Gasteiger partial charge in [0.2, 0.25) is 11.8 Å². The number of nitrogens with zero attached hydrogens (tertiary/aromatic N) is 4. The van der Waals surface area contributed by atoms with Crippen molar-refractivity contribution in [1.82, 2.24) is 30.2 Å². The van der Waals surface area contributed by atoms with E-state index in [2.05, 4.69) is 53.2 Å². The van der Waals surface area contributed by atoms with Gasteiger partial charge in [-0.15, -0.1) is 0 Å². The number of hydrogen-bond donors (Lipinski definition) is 3. The molecular weight excluding hydrogens is 749 g/mol. The number of piperidine rings is 1. The van der Waals surface area contributed by atoms with Gasteiger partial charge in [-0.1, -0.05) is 39.8 Å². The van der Waals surface area contributed by atoms with Gasteiger partial charge in [0.15, 0.2) is 0 Å². The summed E-state index contributed by atoms with van der Waals surface area (Å²) < 4.78 is 14.0. The minimum Gasteiger partial charge on any atom is -0.508 e. The van der Waals surface area contributed by atoms with Gasteiger partial charge >= 0.3 is 5.97 Å². The van der Waals surface area contributed by atoms with Gasteiger partial charge in [0.25, 0.3) is 5.91 Å². The van der Waals surface area contributed by atoms with Crippen molar-refractivity contribution in [2.24, 2.45) is 11.3 Å². The van der Waals surface area contributed by atoms with E-state index in [0.29, 0.717) is 57.5 Å². The first kappa shape index (κ1) is 41.9. The molecule has 5 heterocycles. The minimum atomic E-state index is -1.07. The molecule has 314 valence electrons. The Labute approximate surface area is 346 Å². The zero-order chi connectivity index (χ0) is 42.0. The molecule has 4 aromatic rings. The van der Waals surface area contributed by atoms with Crippen LogP contribution in [0.4, 0.5) is 0 Å². The van der Waals surface area contributed by atoms with Gasteiger partial charge in [0.1, 0.15) is 23.9 Å². The van der Waals surface area contributed by atoms with Crippen LogP contribution >= 0.6 is 0 Å². The fourth-order valence-corrected chi connectivity index (χ4v) is 9.11. The number of fused-ring (bicyclic) bond motifs is 6. The Bertz CT molecular complexity index is 2230. The molecule has 13 nitrogen and oxygen atoms in total. The molecule has 3 aliphatic rings. The monoisotopic (exact) mass is 806 g/mol. The number of aromatic hydroxyl groups is 1. The first-order valence-electron chi connectivity index (χ1n) is 21.0. The number of phenolic OH excluding ortho intramolecular Hbond substituents is 1. The zero-order valence-electron chi connectivity index (χ0n) is 35.2. The highest BCUT2D eigenvalue weighted by Crippen LogP contribution is 2.41. The van der Waals surface area contributed by atoms with Gasteiger partial charge in [-0.25, -0.2) is 5.43 Å². The summed E-state index contributed by atoms with van der Waals surface area (Å²) in [6.45, 7) is 12.1. The molecule has 0 saturated carbocycles. The quantitative estimate of drug-likeness (QED) is 0.184. The first-order chi connectivity index (χ1) is 28.3. The van der Waals surface area contributed by atoms with Crippen molar-refractivity contribution in [2.45, 2.75) is 111 Å². The number of nitrogens with one attached hydrogen (secondary N) is 2. The van der Waals surface area contributed by atoms with Crippen molar-refractivity contribution in [3.05, 3.63) is 71.5 Å². The van der Waals surface area contributed by atoms with Gasteiger partial charge in [0, 0.05) is 73.9 Å². The zero-order valence-corrected chi connectivity index (χ0v) is 35.2. The van der Waals surface area contributed by atoms with Crippen molar-refractivity contribution in [3.63, 3.8) is 0 Å². The minimum absolute atomic E-state index is 0.0233. The molecule has 0 aliphatic carbocycles. The van der Waals surface area contributed by atoms with Crippen molar-refractivity contribution in [1.29, 1.82) is 0 Å². The standard InChI is InChI=1S/C46H58N6O7/c1-7-50-39-14-13-30-23-34(39)35(42(50)36-25-47-16-15-31(36)26-58-6)24-46(4,5)27-59-45(57)37-11-10-18-52(49-37)44(56)38(21-29-19-32(30)22-33(53)20-29)48-43(55)41(28(2)3)51-17-9-8-12-40(51)54/h13-16,19-20,22-23,25,28,37-38,41,49,53H,7-12,17-18,21,24,26-27H2,1-6H3,(H,48,55)/t37-,38-,41?/m0/s1. The van der Waals surface area contributed by atoms with E-state index in [1.165, 1.54) is 5.01 Å². The van der Waals surface area contributed by atoms with Crippen LogP contribution in [-0.4, -0.2) is 93.2 Å². The normalized spacial score (nSPS) is 20.7. The number of rotatable bonds is 8. The molecule has 6 bridgehead atoms. The highest BCUT2D eigenvalue weighted by atomic mass is 16.5. The number of amides is 3. The lowest BCUT2D eigenvalue weighted by Crippen LogP contribution is -2.62. The number of carbonyl (C=O) groups is 4. The average molecular weight is 807 g/mol. The van der Waals surface area contributed by atoms with Crippen LogP contribution < -0.4 is 10.7 Å². The largest absolute Gasteiger partial charge is 0.508 e. The SMILES string of the molecule is CCn1c(-c2cnccc2COC)c2c3cc(ccc31)-c1cc(O)cc(c1)C[C@H](NC(=O)C(C(C)C)N1CCCCC1=O)C(=O)N1CCC[C@H](N1)C(=O)OCC(C)(C)C2. The fourth-order valence-electron chi connectivity index (χ4n) is 9.11. The maximum atomic E-state index is 14.5. The summed E-state index contributed by atoms with van der Waals surface area (Å²) in [4.78, 5) is 61.8. The summed E-state index contributed by atoms with van der Waals surface area (Å²) >= 11 is 0. The Hall–Kier alpha value is -5.27. The van der Waals surface area contributed by atoms with Crippen LogP contribution in [0.2, 0.25) is 0 Å². The van der Waals surface area contributed by atoms with Crippen LogP contribution in [0, 0.1) is 11.3 Å². The number of pyridine rings is 1. The molecule has 2 aromatic carbocycles. The summed E-state index contributed by atoms with van der Waals surface area (Å²) in [5.74, 6) is -1.54. The molecule has 1 unspecified atom stereocenters. The number of benzene rings is 2. The summed E-state index contributed by atoms with van der Waals surface area (Å²) in [6, 6.07) is 10.9. The molecule has 2 saturated heterocycles. The second-order valence-corrected chi connectivity index (χ2v) is 17.4. The molecule has 59 heavy (non-hydrogen) atoms. The lowest BCUT2D eigenvalue weighted by molar-refractivity contribution is -0.155. The van der Waals surface area contributed by atoms with Crippen molar-refractivity contribution < 1.29 is 33.8 Å². The van der Waals surface area contributed by atoms with E-state index in [-0.39, 0.29) is 30.6 Å². The third-order valence-corrected chi connectivity index (χ3v) is 11.9. The molecular formula is C46H58N6O7. The summed E-state index contributed by atoms with van der Waals surface area (Å²) in [6.07, 6.45) is 7.27. The van der Waals surface area contributed by atoms with Crippen molar-refractivity contribution in [2.75, 3.05) is 26.8 Å². The number of carbonyl (C=O) groups excluding carboxylic acids is 4. The lowest BCUT2D eigenvalue weighted by atomic mass is 9.84. The first-order valence-corrected chi connectivity index (χ1v) is 21.0. The summed E-state index contributed by atoms with van der Waals surface area (Å²) in [7, 11) is 1.68. The number of ether oxygens (including phenoxy) is 2. The number of aryl methyl sites for hydroxylation is 1. The third-order valence-electron chi connectivity index (χ3n) is 11.9. The molecule has 3 atom stereocenters. The smallest absolute Gasteiger partial charge is 0.324 e. The Morgan fingerprint density at radius 2 is 1.88 bits per heavy atom. The summed E-state index contributed by atoms with van der Waals surface area (Å²) in [5.41, 5.74) is 9.98. The molecule has 7 rings (SSSR count). The van der Waals surface area contributed by atoms with E-state index in [1.54, 1.807) is 30.3 Å². The number of aromatic nitrogens is 2. The highest BCUT2D eigenvalue weighted by molar-refractivity contribution is 5.96. The van der Waals surface area contributed by atoms with Crippen LogP contribution in [0.25, 0.3) is 33.3 Å². The van der Waals surface area contributed by atoms with Gasteiger partial charge in [-0.2, -0.15) is 0 Å². The van der Waals surface area contributed by atoms with Crippen LogP contribution in [0.1, 0.15) is 83.4 Å². The molecule has 2 aromatic heterocycles. The number of methoxy groups -OCH3 is 1. The number of hydrazine groups is 1. The van der Waals surface area contributed by atoms with Crippen LogP contribution in [0.3, 0.4) is 0 Å². The van der Waals surface area contributed by atoms with Crippen molar-refractivity contribution in [3.8, 4) is 28.1 Å². The number of esters is 1. The molecule has 3 N–H and O–H groups in total. The number of phenols is 1. The Morgan fingerprint density at radius 3 is 2.63 bits per heavy atom. The average Bonchev–Trinajstić information content (AvgIpc) is 3.51. The Balaban J connectivity index is 1.36. The van der Waals surface area contributed by atoms with Crippen LogP contribution in [0.15, 0.2) is 54.9 Å². The second kappa shape index (κ2) is 17.5. The van der Waals surface area contributed by atoms with E-state index in [9.17, 15) is 24.3 Å². The third kappa shape index (κ3) is 8.86. The molecule has 0 radical (unpaired) electrons. The maximum absolute atomic E-state index is 14.5. The van der Waals surface area contributed by atoms with Gasteiger partial charge < -0.3 is 29.4 Å². The van der Waals surface area contributed by atoms with Gasteiger partial charge in [0.05, 0.1) is 18.9 Å². The number of cyclic esters (lactones) is 1. The maximum Gasteiger partial charge on any atom is 0.324 e.